The molecular weight excluding hydrogens is 328 g/mol. The van der Waals surface area contributed by atoms with E-state index in [0.29, 0.717) is 0 Å². The van der Waals surface area contributed by atoms with Crippen molar-refractivity contribution in [1.29, 1.82) is 0 Å². The predicted molar refractivity (Wildman–Crippen MR) is 79.4 cm³/mol. The summed E-state index contributed by atoms with van der Waals surface area (Å²) in [6, 6.07) is -0.455. The Morgan fingerprint density at radius 3 is 2.61 bits per heavy atom. The molecule has 0 aromatic rings. The van der Waals surface area contributed by atoms with Crippen molar-refractivity contribution in [2.24, 2.45) is 0 Å². The van der Waals surface area contributed by atoms with Gasteiger partial charge in [0.05, 0.1) is 35.9 Å². The standard InChI is InChI=1S/C13H22N2O7S/c1-21-13-11(20)10(19)6(22-13)3-15-7(17)4-23-12(15)8-9(18)5(16)2-14-8/h5-6,8-14,16,18-20H,2-4H2,1H3/t5-,6-,8-,9-,10-,11-,12+,13-/m1/s1. The molecule has 1 amide bonds. The van der Waals surface area contributed by atoms with Crippen LogP contribution in [0.4, 0.5) is 0 Å². The second-order valence-electron chi connectivity index (χ2n) is 6.00. The topological polar surface area (TPSA) is 132 Å². The van der Waals surface area contributed by atoms with Gasteiger partial charge in [0.2, 0.25) is 5.91 Å². The van der Waals surface area contributed by atoms with Gasteiger partial charge in [-0.15, -0.1) is 11.8 Å². The van der Waals surface area contributed by atoms with Crippen LogP contribution < -0.4 is 5.32 Å². The van der Waals surface area contributed by atoms with Crippen LogP contribution in [0.25, 0.3) is 0 Å². The molecule has 3 fully saturated rings. The summed E-state index contributed by atoms with van der Waals surface area (Å²) in [6.45, 7) is 0.341. The Hall–Kier alpha value is -0.460. The van der Waals surface area contributed by atoms with Gasteiger partial charge in [-0.2, -0.15) is 0 Å². The number of β-amino-alcohol motifs (C(OH)–C–C–N with tert-alkyl or cyclic N) is 1. The molecule has 0 unspecified atom stereocenters. The highest BCUT2D eigenvalue weighted by Gasteiger charge is 2.49. The first-order chi connectivity index (χ1) is 10.9. The van der Waals surface area contributed by atoms with E-state index in [4.69, 9.17) is 9.47 Å². The Morgan fingerprint density at radius 1 is 1.30 bits per heavy atom. The molecule has 9 nitrogen and oxygen atoms in total. The summed E-state index contributed by atoms with van der Waals surface area (Å²) in [6.07, 6.45) is -5.88. The van der Waals surface area contributed by atoms with E-state index in [1.165, 1.54) is 23.8 Å². The SMILES string of the molecule is CO[C@@H]1O[C@H](CN2C(=O)CS[C@H]2[C@@H]2NC[C@@H](O)[C@H]2O)[C@@H](O)[C@H]1O. The van der Waals surface area contributed by atoms with E-state index >= 15 is 0 Å². The second kappa shape index (κ2) is 6.81. The number of aliphatic hydroxyl groups excluding tert-OH is 4. The van der Waals surface area contributed by atoms with Crippen molar-refractivity contribution in [3.8, 4) is 0 Å². The second-order valence-corrected chi connectivity index (χ2v) is 7.10. The van der Waals surface area contributed by atoms with Crippen LogP contribution in [0.5, 0.6) is 0 Å². The summed E-state index contributed by atoms with van der Waals surface area (Å²) in [5.74, 6) is 0.117. The number of carbonyl (C=O) groups excluding carboxylic acids is 1. The molecule has 3 aliphatic heterocycles. The number of nitrogens with zero attached hydrogens (tertiary/aromatic N) is 1. The number of thioether (sulfide) groups is 1. The fourth-order valence-electron chi connectivity index (χ4n) is 3.24. The Morgan fingerprint density at radius 2 is 2.04 bits per heavy atom. The van der Waals surface area contributed by atoms with Gasteiger partial charge in [-0.05, 0) is 0 Å². The van der Waals surface area contributed by atoms with E-state index < -0.39 is 42.9 Å². The van der Waals surface area contributed by atoms with Gasteiger partial charge in [-0.1, -0.05) is 0 Å². The number of methoxy groups -OCH3 is 1. The summed E-state index contributed by atoms with van der Waals surface area (Å²) in [7, 11) is 1.36. The van der Waals surface area contributed by atoms with Crippen LogP contribution in [-0.2, 0) is 14.3 Å². The van der Waals surface area contributed by atoms with Crippen LogP contribution in [0.1, 0.15) is 0 Å². The molecule has 0 aromatic heterocycles. The smallest absolute Gasteiger partial charge is 0.233 e. The van der Waals surface area contributed by atoms with Crippen molar-refractivity contribution in [2.75, 3.05) is 26.0 Å². The summed E-state index contributed by atoms with van der Waals surface area (Å²) < 4.78 is 10.4. The molecule has 23 heavy (non-hydrogen) atoms. The van der Waals surface area contributed by atoms with Gasteiger partial charge in [0.1, 0.15) is 18.3 Å². The number of carbonyl (C=O) groups is 1. The molecular formula is C13H22N2O7S. The van der Waals surface area contributed by atoms with Gasteiger partial charge in [0, 0.05) is 13.7 Å². The Bertz CT molecular complexity index is 456. The first-order valence-electron chi connectivity index (χ1n) is 7.49. The van der Waals surface area contributed by atoms with Crippen LogP contribution in [-0.4, -0.2) is 105 Å². The van der Waals surface area contributed by atoms with Crippen molar-refractivity contribution >= 4 is 17.7 Å². The van der Waals surface area contributed by atoms with Crippen LogP contribution in [0.3, 0.4) is 0 Å². The first-order valence-corrected chi connectivity index (χ1v) is 8.54. The van der Waals surface area contributed by atoms with Crippen molar-refractivity contribution in [3.63, 3.8) is 0 Å². The maximum Gasteiger partial charge on any atom is 0.233 e. The zero-order chi connectivity index (χ0) is 16.7. The van der Waals surface area contributed by atoms with Crippen molar-refractivity contribution in [1.82, 2.24) is 10.2 Å². The fourth-order valence-corrected chi connectivity index (χ4v) is 4.56. The van der Waals surface area contributed by atoms with Gasteiger partial charge < -0.3 is 40.1 Å². The number of hydrogen-bond donors (Lipinski definition) is 5. The third-order valence-corrected chi connectivity index (χ3v) is 5.87. The summed E-state index contributed by atoms with van der Waals surface area (Å²) in [5.41, 5.74) is 0. The fraction of sp³-hybridized carbons (Fsp3) is 0.923. The highest BCUT2D eigenvalue weighted by molar-refractivity contribution is 8.01. The van der Waals surface area contributed by atoms with Gasteiger partial charge in [-0.3, -0.25) is 4.79 Å². The predicted octanol–water partition coefficient (Wildman–Crippen LogP) is -3.33. The highest BCUT2D eigenvalue weighted by atomic mass is 32.2. The lowest BCUT2D eigenvalue weighted by atomic mass is 10.1. The Balaban J connectivity index is 1.69. The summed E-state index contributed by atoms with van der Waals surface area (Å²) in [4.78, 5) is 13.7. The van der Waals surface area contributed by atoms with Gasteiger partial charge >= 0.3 is 0 Å². The van der Waals surface area contributed by atoms with Crippen molar-refractivity contribution < 1.29 is 34.7 Å². The minimum absolute atomic E-state index is 0.0790. The number of hydrogen-bond acceptors (Lipinski definition) is 9. The number of amides is 1. The lowest BCUT2D eigenvalue weighted by Gasteiger charge is -2.32. The maximum atomic E-state index is 12.2. The molecule has 5 N–H and O–H groups in total. The molecule has 0 radical (unpaired) electrons. The minimum Gasteiger partial charge on any atom is -0.389 e. The van der Waals surface area contributed by atoms with Crippen LogP contribution >= 0.6 is 11.8 Å². The van der Waals surface area contributed by atoms with E-state index in [1.54, 1.807) is 0 Å². The third-order valence-electron chi connectivity index (χ3n) is 4.56. The number of ether oxygens (including phenoxy) is 2. The Labute approximate surface area is 137 Å². The molecule has 0 aliphatic carbocycles. The molecule has 0 saturated carbocycles. The number of nitrogens with one attached hydrogen (secondary N) is 1. The number of aliphatic hydroxyl groups is 4. The first kappa shape index (κ1) is 17.4. The van der Waals surface area contributed by atoms with E-state index in [-0.39, 0.29) is 30.1 Å². The number of rotatable bonds is 4. The lowest BCUT2D eigenvalue weighted by Crippen LogP contribution is -2.52. The van der Waals surface area contributed by atoms with Crippen LogP contribution in [0.2, 0.25) is 0 Å². The third kappa shape index (κ3) is 3.10. The van der Waals surface area contributed by atoms with Gasteiger partial charge in [0.15, 0.2) is 6.29 Å². The van der Waals surface area contributed by atoms with Crippen molar-refractivity contribution in [3.05, 3.63) is 0 Å². The van der Waals surface area contributed by atoms with E-state index in [2.05, 4.69) is 5.32 Å². The lowest BCUT2D eigenvalue weighted by molar-refractivity contribution is -0.154. The largest absolute Gasteiger partial charge is 0.389 e. The molecule has 3 heterocycles. The molecule has 132 valence electrons. The average Bonchev–Trinajstić information content (AvgIpc) is 3.14. The monoisotopic (exact) mass is 350 g/mol. The summed E-state index contributed by atoms with van der Waals surface area (Å²) >= 11 is 1.37. The van der Waals surface area contributed by atoms with Gasteiger partial charge in [0.25, 0.3) is 0 Å². The summed E-state index contributed by atoms with van der Waals surface area (Å²) in [5, 5.41) is 42.2. The maximum absolute atomic E-state index is 12.2. The van der Waals surface area contributed by atoms with Crippen LogP contribution in [0, 0.1) is 0 Å². The normalized spacial score (nSPS) is 47.7. The van der Waals surface area contributed by atoms with Crippen molar-refractivity contribution in [2.45, 2.75) is 48.2 Å². The zero-order valence-electron chi connectivity index (χ0n) is 12.6. The molecule has 3 saturated heterocycles. The average molecular weight is 350 g/mol. The quantitative estimate of drug-likeness (QED) is 0.353. The molecule has 3 rings (SSSR count). The van der Waals surface area contributed by atoms with Gasteiger partial charge in [-0.25, -0.2) is 0 Å². The minimum atomic E-state index is -1.18. The molecule has 0 aromatic carbocycles. The van der Waals surface area contributed by atoms with E-state index in [0.717, 1.165) is 0 Å². The molecule has 0 spiro atoms. The van der Waals surface area contributed by atoms with E-state index in [1.807, 2.05) is 0 Å². The molecule has 3 aliphatic rings. The highest BCUT2D eigenvalue weighted by Crippen LogP contribution is 2.33. The molecule has 8 atom stereocenters. The van der Waals surface area contributed by atoms with Crippen LogP contribution in [0.15, 0.2) is 0 Å². The van der Waals surface area contributed by atoms with E-state index in [9.17, 15) is 25.2 Å². The molecule has 0 bridgehead atoms. The molecule has 10 heteroatoms. The Kier molecular flexibility index (Phi) is 5.14. The zero-order valence-corrected chi connectivity index (χ0v) is 13.4.